The number of aryl methyl sites for hydroxylation is 1. The van der Waals surface area contributed by atoms with Crippen LogP contribution in [0.1, 0.15) is 18.4 Å². The van der Waals surface area contributed by atoms with Crippen LogP contribution < -0.4 is 15.4 Å². The molecule has 6 nitrogen and oxygen atoms in total. The Morgan fingerprint density at radius 1 is 1.09 bits per heavy atom. The van der Waals surface area contributed by atoms with E-state index in [4.69, 9.17) is 9.57 Å². The van der Waals surface area contributed by atoms with Crippen molar-refractivity contribution in [2.24, 2.45) is 0 Å². The maximum Gasteiger partial charge on any atom is 0.251 e. The monoisotopic (exact) mass is 463 g/mol. The van der Waals surface area contributed by atoms with Crippen LogP contribution in [0.15, 0.2) is 58.7 Å². The molecule has 1 aliphatic rings. The van der Waals surface area contributed by atoms with E-state index >= 15 is 0 Å². The molecule has 0 saturated carbocycles. The van der Waals surface area contributed by atoms with Crippen molar-refractivity contribution in [3.8, 4) is 5.75 Å². The number of H-pyrrole nitrogens is 1. The largest absolute Gasteiger partial charge is 0.494 e. The Kier molecular flexibility index (Phi) is 6.62. The van der Waals surface area contributed by atoms with Crippen molar-refractivity contribution in [3.05, 3.63) is 69.8 Å². The van der Waals surface area contributed by atoms with E-state index in [0.29, 0.717) is 13.2 Å². The van der Waals surface area contributed by atoms with Gasteiger partial charge in [-0.05, 0) is 73.5 Å². The van der Waals surface area contributed by atoms with Crippen molar-refractivity contribution < 1.29 is 9.57 Å². The lowest BCUT2D eigenvalue weighted by molar-refractivity contribution is 0.117. The topological polar surface area (TPSA) is 57.8 Å². The normalized spacial score (nSPS) is 15.2. The zero-order valence-electron chi connectivity index (χ0n) is 18.9. The van der Waals surface area contributed by atoms with Crippen LogP contribution in [0.3, 0.4) is 0 Å². The summed E-state index contributed by atoms with van der Waals surface area (Å²) in [6, 6.07) is 16.4. The van der Waals surface area contributed by atoms with Crippen LogP contribution in [0.4, 0.5) is 5.69 Å². The van der Waals surface area contributed by atoms with Gasteiger partial charge in [-0.3, -0.25) is 19.6 Å². The molecule has 2 aromatic heterocycles. The number of fused-ring (bicyclic) bond motifs is 2. The number of nitrogens with one attached hydrogen (secondary N) is 1. The molecule has 7 heteroatoms. The standard InChI is InChI=1S/C26H29N3O3S/c1-19-17-20-7-8-21(18-23(20)27-26(19)30)31-14-3-2-10-28-11-12-29(32-15-13-28)24-5-4-6-25-22(24)9-16-33-25/h4-9,16-18H,2-3,10-15H2,1H3,(H,27,30). The molecule has 2 aromatic carbocycles. The molecule has 1 aliphatic heterocycles. The molecule has 0 spiro atoms. The average molecular weight is 464 g/mol. The van der Waals surface area contributed by atoms with E-state index in [2.05, 4.69) is 44.6 Å². The second-order valence-corrected chi connectivity index (χ2v) is 9.42. The van der Waals surface area contributed by atoms with Gasteiger partial charge in [0, 0.05) is 34.8 Å². The fourth-order valence-electron chi connectivity index (χ4n) is 4.30. The van der Waals surface area contributed by atoms with E-state index in [0.717, 1.165) is 66.9 Å². The number of aromatic nitrogens is 1. The van der Waals surface area contributed by atoms with Crippen molar-refractivity contribution in [2.75, 3.05) is 44.5 Å². The van der Waals surface area contributed by atoms with Crippen molar-refractivity contribution in [3.63, 3.8) is 0 Å². The van der Waals surface area contributed by atoms with Crippen molar-refractivity contribution in [1.82, 2.24) is 9.88 Å². The Bertz CT molecular complexity index is 1300. The Morgan fingerprint density at radius 2 is 2.03 bits per heavy atom. The number of hydrogen-bond acceptors (Lipinski definition) is 6. The van der Waals surface area contributed by atoms with Crippen LogP contribution in [0.2, 0.25) is 0 Å². The van der Waals surface area contributed by atoms with Crippen molar-refractivity contribution in [2.45, 2.75) is 19.8 Å². The molecular weight excluding hydrogens is 434 g/mol. The number of aromatic amines is 1. The first-order chi connectivity index (χ1) is 16.2. The Balaban J connectivity index is 1.08. The number of nitrogens with zero attached hydrogens (tertiary/aromatic N) is 2. The molecule has 0 unspecified atom stereocenters. The van der Waals surface area contributed by atoms with Gasteiger partial charge in [0.1, 0.15) is 5.75 Å². The van der Waals surface area contributed by atoms with Gasteiger partial charge in [-0.15, -0.1) is 11.3 Å². The van der Waals surface area contributed by atoms with Crippen LogP contribution in [-0.2, 0) is 4.84 Å². The van der Waals surface area contributed by atoms with Crippen LogP contribution in [0.5, 0.6) is 5.75 Å². The van der Waals surface area contributed by atoms with Gasteiger partial charge in [-0.1, -0.05) is 6.07 Å². The Morgan fingerprint density at radius 3 is 2.97 bits per heavy atom. The minimum atomic E-state index is -0.0494. The highest BCUT2D eigenvalue weighted by Gasteiger charge is 2.17. The lowest BCUT2D eigenvalue weighted by Gasteiger charge is -2.22. The number of unbranched alkanes of at least 4 members (excludes halogenated alkanes) is 1. The third kappa shape index (κ3) is 5.05. The molecule has 4 aromatic rings. The minimum absolute atomic E-state index is 0.0494. The molecular formula is C26H29N3O3S. The third-order valence-electron chi connectivity index (χ3n) is 6.16. The summed E-state index contributed by atoms with van der Waals surface area (Å²) in [6.45, 7) is 7.01. The van der Waals surface area contributed by atoms with Crippen LogP contribution >= 0.6 is 11.3 Å². The highest BCUT2D eigenvalue weighted by atomic mass is 32.1. The first-order valence-electron chi connectivity index (χ1n) is 11.5. The second kappa shape index (κ2) is 9.95. The summed E-state index contributed by atoms with van der Waals surface area (Å²) in [5.41, 5.74) is 2.65. The summed E-state index contributed by atoms with van der Waals surface area (Å²) in [4.78, 5) is 23.3. The molecule has 1 fully saturated rings. The van der Waals surface area contributed by atoms with E-state index in [1.165, 1.54) is 10.1 Å². The summed E-state index contributed by atoms with van der Waals surface area (Å²) < 4.78 is 7.23. The SMILES string of the molecule is Cc1cc2ccc(OCCCCN3CCON(c4cccc5sccc45)CC3)cc2[nH]c1=O. The lowest BCUT2D eigenvalue weighted by atomic mass is 10.1. The zero-order valence-corrected chi connectivity index (χ0v) is 19.7. The summed E-state index contributed by atoms with van der Waals surface area (Å²) in [7, 11) is 0. The molecule has 1 saturated heterocycles. The van der Waals surface area contributed by atoms with Crippen LogP contribution in [0.25, 0.3) is 21.0 Å². The highest BCUT2D eigenvalue weighted by molar-refractivity contribution is 7.17. The summed E-state index contributed by atoms with van der Waals surface area (Å²) >= 11 is 1.77. The van der Waals surface area contributed by atoms with Gasteiger partial charge < -0.3 is 9.72 Å². The van der Waals surface area contributed by atoms with E-state index < -0.39 is 0 Å². The first kappa shape index (κ1) is 21.9. The fourth-order valence-corrected chi connectivity index (χ4v) is 5.11. The number of ether oxygens (including phenoxy) is 1. The van der Waals surface area contributed by atoms with Crippen LogP contribution in [0, 0.1) is 6.92 Å². The van der Waals surface area contributed by atoms with Gasteiger partial charge in [-0.25, -0.2) is 0 Å². The smallest absolute Gasteiger partial charge is 0.251 e. The predicted molar refractivity (Wildman–Crippen MR) is 136 cm³/mol. The maximum absolute atomic E-state index is 11.9. The molecule has 3 heterocycles. The van der Waals surface area contributed by atoms with Crippen LogP contribution in [-0.4, -0.2) is 49.3 Å². The quantitative estimate of drug-likeness (QED) is 0.393. The number of pyridine rings is 1. The highest BCUT2D eigenvalue weighted by Crippen LogP contribution is 2.31. The molecule has 0 amide bonds. The molecule has 1 N–H and O–H groups in total. The van der Waals surface area contributed by atoms with Crippen molar-refractivity contribution >= 4 is 38.0 Å². The Labute approximate surface area is 197 Å². The lowest BCUT2D eigenvalue weighted by Crippen LogP contribution is -2.31. The first-order valence-corrected chi connectivity index (χ1v) is 12.4. The third-order valence-corrected chi connectivity index (χ3v) is 7.04. The van der Waals surface area contributed by atoms with Gasteiger partial charge in [0.2, 0.25) is 0 Å². The summed E-state index contributed by atoms with van der Waals surface area (Å²) in [5, 5.41) is 6.48. The molecule has 172 valence electrons. The Hall–Kier alpha value is -2.87. The van der Waals surface area contributed by atoms with E-state index in [9.17, 15) is 4.79 Å². The number of benzene rings is 2. The summed E-state index contributed by atoms with van der Waals surface area (Å²) in [6.07, 6.45) is 2.06. The fraction of sp³-hybridized carbons (Fsp3) is 0.346. The van der Waals surface area contributed by atoms with E-state index in [1.807, 2.05) is 31.2 Å². The number of anilines is 1. The number of rotatable bonds is 7. The number of hydrogen-bond donors (Lipinski definition) is 1. The predicted octanol–water partition coefficient (Wildman–Crippen LogP) is 4.96. The van der Waals surface area contributed by atoms with E-state index in [1.54, 1.807) is 11.3 Å². The average Bonchev–Trinajstić information content (AvgIpc) is 3.18. The molecule has 0 atom stereocenters. The second-order valence-electron chi connectivity index (χ2n) is 8.47. The van der Waals surface area contributed by atoms with E-state index in [-0.39, 0.29) is 5.56 Å². The van der Waals surface area contributed by atoms with Gasteiger partial charge in [0.05, 0.1) is 31.0 Å². The van der Waals surface area contributed by atoms with Gasteiger partial charge >= 0.3 is 0 Å². The molecule has 5 rings (SSSR count). The number of hydroxylamine groups is 1. The zero-order chi connectivity index (χ0) is 22.6. The van der Waals surface area contributed by atoms with Gasteiger partial charge in [-0.2, -0.15) is 0 Å². The van der Waals surface area contributed by atoms with Gasteiger partial charge in [0.25, 0.3) is 5.56 Å². The van der Waals surface area contributed by atoms with Gasteiger partial charge in [0.15, 0.2) is 0 Å². The molecule has 0 bridgehead atoms. The summed E-state index contributed by atoms with van der Waals surface area (Å²) in [5.74, 6) is 0.795. The molecule has 0 aliphatic carbocycles. The number of thiophene rings is 1. The van der Waals surface area contributed by atoms with Crippen molar-refractivity contribution in [1.29, 1.82) is 0 Å². The molecule has 0 radical (unpaired) electrons. The molecule has 33 heavy (non-hydrogen) atoms. The maximum atomic E-state index is 11.9. The minimum Gasteiger partial charge on any atom is -0.494 e.